The Hall–Kier alpha value is -1.03. The number of rotatable bonds is 0. The van der Waals surface area contributed by atoms with Crippen molar-refractivity contribution in [3.63, 3.8) is 0 Å². The number of hydrogen-bond acceptors (Lipinski definition) is 2. The SMILES string of the molecule is O=C1CCSc2ccc(F)cc2N1. The van der Waals surface area contributed by atoms with Crippen LogP contribution in [0.4, 0.5) is 10.1 Å². The summed E-state index contributed by atoms with van der Waals surface area (Å²) in [6.45, 7) is 0. The van der Waals surface area contributed by atoms with Crippen molar-refractivity contribution in [2.45, 2.75) is 11.3 Å². The van der Waals surface area contributed by atoms with E-state index in [1.165, 1.54) is 12.1 Å². The van der Waals surface area contributed by atoms with Crippen molar-refractivity contribution < 1.29 is 9.18 Å². The summed E-state index contributed by atoms with van der Waals surface area (Å²) in [5.74, 6) is 0.392. The van der Waals surface area contributed by atoms with Gasteiger partial charge in [0.15, 0.2) is 0 Å². The lowest BCUT2D eigenvalue weighted by Crippen LogP contribution is -2.10. The zero-order valence-electron chi connectivity index (χ0n) is 6.84. The second-order valence-electron chi connectivity index (χ2n) is 2.79. The molecule has 1 heterocycles. The smallest absolute Gasteiger partial charge is 0.225 e. The number of carbonyl (C=O) groups is 1. The first-order valence-corrected chi connectivity index (χ1v) is 4.96. The zero-order valence-corrected chi connectivity index (χ0v) is 7.66. The monoisotopic (exact) mass is 197 g/mol. The van der Waals surface area contributed by atoms with Gasteiger partial charge in [0.05, 0.1) is 5.69 Å². The molecule has 1 aliphatic rings. The minimum Gasteiger partial charge on any atom is -0.325 e. The number of amides is 1. The third-order valence-electron chi connectivity index (χ3n) is 1.80. The Balaban J connectivity index is 2.40. The third-order valence-corrected chi connectivity index (χ3v) is 2.88. The molecule has 0 saturated heterocycles. The van der Waals surface area contributed by atoms with E-state index in [4.69, 9.17) is 0 Å². The summed E-state index contributed by atoms with van der Waals surface area (Å²) < 4.78 is 12.8. The fourth-order valence-corrected chi connectivity index (χ4v) is 2.13. The summed E-state index contributed by atoms with van der Waals surface area (Å²) in [6.07, 6.45) is 0.487. The first kappa shape index (κ1) is 8.56. The largest absolute Gasteiger partial charge is 0.325 e. The van der Waals surface area contributed by atoms with Crippen LogP contribution in [-0.4, -0.2) is 11.7 Å². The van der Waals surface area contributed by atoms with E-state index < -0.39 is 0 Å². The van der Waals surface area contributed by atoms with Crippen molar-refractivity contribution in [3.8, 4) is 0 Å². The maximum atomic E-state index is 12.8. The Kier molecular flexibility index (Phi) is 2.22. The number of carbonyl (C=O) groups excluding carboxylic acids is 1. The van der Waals surface area contributed by atoms with E-state index in [9.17, 15) is 9.18 Å². The van der Waals surface area contributed by atoms with E-state index in [0.29, 0.717) is 12.1 Å². The Morgan fingerprint density at radius 1 is 1.46 bits per heavy atom. The molecule has 0 saturated carbocycles. The molecule has 0 spiro atoms. The lowest BCUT2D eigenvalue weighted by Gasteiger charge is -2.04. The standard InChI is InChI=1S/C9H8FNOS/c10-6-1-2-8-7(5-6)11-9(12)3-4-13-8/h1-2,5H,3-4H2,(H,11,12). The molecule has 0 unspecified atom stereocenters. The van der Waals surface area contributed by atoms with Gasteiger partial charge < -0.3 is 5.32 Å². The first-order chi connectivity index (χ1) is 6.25. The van der Waals surface area contributed by atoms with Crippen LogP contribution in [0.15, 0.2) is 23.1 Å². The van der Waals surface area contributed by atoms with E-state index in [-0.39, 0.29) is 11.7 Å². The Labute approximate surface area is 79.5 Å². The minimum atomic E-state index is -0.318. The molecule has 1 aromatic rings. The molecule has 0 aromatic heterocycles. The molecule has 1 aromatic carbocycles. The highest BCUT2D eigenvalue weighted by atomic mass is 32.2. The summed E-state index contributed by atoms with van der Waals surface area (Å²) >= 11 is 1.57. The van der Waals surface area contributed by atoms with E-state index in [2.05, 4.69) is 5.32 Å². The molecule has 4 heteroatoms. The fraction of sp³-hybridized carbons (Fsp3) is 0.222. The van der Waals surface area contributed by atoms with Gasteiger partial charge in [0.2, 0.25) is 5.91 Å². The predicted octanol–water partition coefficient (Wildman–Crippen LogP) is 2.26. The molecule has 0 fully saturated rings. The van der Waals surface area contributed by atoms with Crippen molar-refractivity contribution in [1.82, 2.24) is 0 Å². The van der Waals surface area contributed by atoms with Crippen LogP contribution in [0.3, 0.4) is 0 Å². The molecule has 13 heavy (non-hydrogen) atoms. The Morgan fingerprint density at radius 2 is 2.31 bits per heavy atom. The van der Waals surface area contributed by atoms with Crippen LogP contribution in [0.5, 0.6) is 0 Å². The molecule has 2 nitrogen and oxygen atoms in total. The average Bonchev–Trinajstić information content (AvgIpc) is 2.25. The maximum absolute atomic E-state index is 12.8. The van der Waals surface area contributed by atoms with E-state index in [1.807, 2.05) is 0 Å². The van der Waals surface area contributed by atoms with Crippen molar-refractivity contribution in [2.24, 2.45) is 0 Å². The number of thioether (sulfide) groups is 1. The van der Waals surface area contributed by atoms with Gasteiger partial charge >= 0.3 is 0 Å². The van der Waals surface area contributed by atoms with E-state index in [0.717, 1.165) is 10.6 Å². The number of hydrogen-bond donors (Lipinski definition) is 1. The quantitative estimate of drug-likeness (QED) is 0.691. The van der Waals surface area contributed by atoms with Gasteiger partial charge in [-0.3, -0.25) is 4.79 Å². The summed E-state index contributed by atoms with van der Waals surface area (Å²) in [7, 11) is 0. The van der Waals surface area contributed by atoms with Gasteiger partial charge in [-0.05, 0) is 18.2 Å². The van der Waals surface area contributed by atoms with Gasteiger partial charge in [-0.1, -0.05) is 0 Å². The van der Waals surface area contributed by atoms with Crippen LogP contribution in [-0.2, 0) is 4.79 Å². The predicted molar refractivity (Wildman–Crippen MR) is 50.4 cm³/mol. The van der Waals surface area contributed by atoms with Crippen molar-refractivity contribution in [3.05, 3.63) is 24.0 Å². The summed E-state index contributed by atoms with van der Waals surface area (Å²) in [5.41, 5.74) is 0.590. The summed E-state index contributed by atoms with van der Waals surface area (Å²) in [4.78, 5) is 12.0. The average molecular weight is 197 g/mol. The molecule has 0 aliphatic carbocycles. The molecule has 1 amide bonds. The van der Waals surface area contributed by atoms with Gasteiger partial charge in [-0.25, -0.2) is 4.39 Å². The fourth-order valence-electron chi connectivity index (χ4n) is 1.19. The van der Waals surface area contributed by atoms with Crippen LogP contribution in [0.2, 0.25) is 0 Å². The van der Waals surface area contributed by atoms with Crippen molar-refractivity contribution >= 4 is 23.4 Å². The molecule has 0 bridgehead atoms. The van der Waals surface area contributed by atoms with E-state index in [1.54, 1.807) is 17.8 Å². The van der Waals surface area contributed by atoms with Crippen molar-refractivity contribution in [1.29, 1.82) is 0 Å². The number of benzene rings is 1. The van der Waals surface area contributed by atoms with E-state index >= 15 is 0 Å². The minimum absolute atomic E-state index is 0.0446. The van der Waals surface area contributed by atoms with Crippen LogP contribution in [0.25, 0.3) is 0 Å². The molecule has 1 N–H and O–H groups in total. The number of fused-ring (bicyclic) bond motifs is 1. The highest BCUT2D eigenvalue weighted by Gasteiger charge is 2.13. The number of anilines is 1. The van der Waals surface area contributed by atoms with Crippen LogP contribution in [0.1, 0.15) is 6.42 Å². The molecule has 2 rings (SSSR count). The molecule has 0 atom stereocenters. The van der Waals surface area contributed by atoms with Crippen LogP contribution >= 0.6 is 11.8 Å². The summed E-state index contributed by atoms with van der Waals surface area (Å²) in [5, 5.41) is 2.66. The lowest BCUT2D eigenvalue weighted by atomic mass is 10.3. The van der Waals surface area contributed by atoms with Crippen LogP contribution < -0.4 is 5.32 Å². The Bertz CT molecular complexity index is 353. The first-order valence-electron chi connectivity index (χ1n) is 3.98. The third kappa shape index (κ3) is 1.83. The highest BCUT2D eigenvalue weighted by molar-refractivity contribution is 7.99. The van der Waals surface area contributed by atoms with Gasteiger partial charge in [0, 0.05) is 17.1 Å². The second kappa shape index (κ2) is 3.38. The van der Waals surface area contributed by atoms with Gasteiger partial charge in [0.1, 0.15) is 5.82 Å². The highest BCUT2D eigenvalue weighted by Crippen LogP contribution is 2.30. The molecule has 1 aliphatic heterocycles. The molecular formula is C9H8FNOS. The number of nitrogens with one attached hydrogen (secondary N) is 1. The van der Waals surface area contributed by atoms with Gasteiger partial charge in [-0.2, -0.15) is 0 Å². The van der Waals surface area contributed by atoms with Gasteiger partial charge in [-0.15, -0.1) is 11.8 Å². The summed E-state index contributed by atoms with van der Waals surface area (Å²) in [6, 6.07) is 4.45. The normalized spacial score (nSPS) is 15.9. The number of halogens is 1. The molecule has 68 valence electrons. The maximum Gasteiger partial charge on any atom is 0.225 e. The zero-order chi connectivity index (χ0) is 9.26. The second-order valence-corrected chi connectivity index (χ2v) is 3.92. The molecule has 0 radical (unpaired) electrons. The molecular weight excluding hydrogens is 189 g/mol. The lowest BCUT2D eigenvalue weighted by molar-refractivity contribution is -0.115. The van der Waals surface area contributed by atoms with Crippen molar-refractivity contribution in [2.75, 3.05) is 11.1 Å². The van der Waals surface area contributed by atoms with Crippen LogP contribution in [0, 0.1) is 5.82 Å². The Morgan fingerprint density at radius 3 is 3.15 bits per heavy atom. The topological polar surface area (TPSA) is 29.1 Å². The van der Waals surface area contributed by atoms with Gasteiger partial charge in [0.25, 0.3) is 0 Å².